The highest BCUT2D eigenvalue weighted by Gasteiger charge is 2.14. The summed E-state index contributed by atoms with van der Waals surface area (Å²) in [5.74, 6) is 1.08. The highest BCUT2D eigenvalue weighted by molar-refractivity contribution is 6.35. The van der Waals surface area contributed by atoms with Crippen LogP contribution in [-0.4, -0.2) is 37.5 Å². The van der Waals surface area contributed by atoms with E-state index in [1.54, 1.807) is 19.1 Å². The van der Waals surface area contributed by atoms with Gasteiger partial charge in [-0.1, -0.05) is 40.9 Å². The van der Waals surface area contributed by atoms with Crippen LogP contribution in [0.15, 0.2) is 30.3 Å². The number of rotatable bonds is 12. The molecule has 0 fully saturated rings. The van der Waals surface area contributed by atoms with E-state index in [9.17, 15) is 5.11 Å². The number of ether oxygens (including phenoxy) is 2. The molecule has 160 valence electrons. The Morgan fingerprint density at radius 2 is 1.76 bits per heavy atom. The molecule has 0 unspecified atom stereocenters. The first-order chi connectivity index (χ1) is 13.9. The molecule has 0 aromatic heterocycles. The van der Waals surface area contributed by atoms with Crippen LogP contribution in [0.4, 0.5) is 0 Å². The maximum Gasteiger partial charge on any atom is 0.180 e. The molecule has 8 heteroatoms. The second-order valence-corrected chi connectivity index (χ2v) is 7.84. The van der Waals surface area contributed by atoms with Gasteiger partial charge in [-0.3, -0.25) is 0 Å². The molecule has 0 aliphatic carbocycles. The first-order valence-electron chi connectivity index (χ1n) is 9.52. The van der Waals surface area contributed by atoms with Gasteiger partial charge in [-0.05, 0) is 43.7 Å². The second-order valence-electron chi connectivity index (χ2n) is 6.59. The van der Waals surface area contributed by atoms with E-state index in [1.807, 2.05) is 25.1 Å². The van der Waals surface area contributed by atoms with E-state index in [1.165, 1.54) is 0 Å². The van der Waals surface area contributed by atoms with Crippen LogP contribution in [0.1, 0.15) is 25.0 Å². The smallest absolute Gasteiger partial charge is 0.180 e. The first kappa shape index (κ1) is 24.1. The summed E-state index contributed by atoms with van der Waals surface area (Å²) in [6.45, 7) is 7.15. The lowest BCUT2D eigenvalue weighted by molar-refractivity contribution is 0.191. The average molecular weight is 462 g/mol. The quantitative estimate of drug-likeness (QED) is 0.400. The van der Waals surface area contributed by atoms with Crippen LogP contribution in [0.3, 0.4) is 0 Å². The third-order valence-electron chi connectivity index (χ3n) is 4.00. The van der Waals surface area contributed by atoms with E-state index < -0.39 is 0 Å². The van der Waals surface area contributed by atoms with Crippen LogP contribution in [0, 0.1) is 0 Å². The fourth-order valence-corrected chi connectivity index (χ4v) is 3.39. The molecule has 0 saturated heterocycles. The van der Waals surface area contributed by atoms with Crippen molar-refractivity contribution in [3.63, 3.8) is 0 Å². The van der Waals surface area contributed by atoms with Crippen molar-refractivity contribution >= 4 is 34.8 Å². The normalized spacial score (nSPS) is 12.1. The van der Waals surface area contributed by atoms with Crippen molar-refractivity contribution in [1.82, 2.24) is 10.6 Å². The molecule has 5 nitrogen and oxygen atoms in total. The Balaban J connectivity index is 1.99. The van der Waals surface area contributed by atoms with E-state index in [0.717, 1.165) is 24.2 Å². The zero-order chi connectivity index (χ0) is 21.2. The van der Waals surface area contributed by atoms with Gasteiger partial charge in [-0.15, -0.1) is 0 Å². The van der Waals surface area contributed by atoms with Gasteiger partial charge in [0, 0.05) is 41.8 Å². The molecule has 2 aromatic rings. The highest BCUT2D eigenvalue weighted by atomic mass is 35.5. The van der Waals surface area contributed by atoms with Crippen molar-refractivity contribution in [2.75, 3.05) is 26.2 Å². The Hall–Kier alpha value is -1.21. The molecule has 0 aliphatic rings. The van der Waals surface area contributed by atoms with Gasteiger partial charge in [-0.25, -0.2) is 0 Å². The summed E-state index contributed by atoms with van der Waals surface area (Å²) in [6, 6.07) is 9.05. The molecule has 0 radical (unpaired) electrons. The summed E-state index contributed by atoms with van der Waals surface area (Å²) < 4.78 is 11.7. The molecular weight excluding hydrogens is 435 g/mol. The fraction of sp³-hybridized carbons (Fsp3) is 0.429. The molecule has 2 aromatic carbocycles. The fourth-order valence-electron chi connectivity index (χ4n) is 2.64. The van der Waals surface area contributed by atoms with Gasteiger partial charge in [0.05, 0.1) is 17.7 Å². The summed E-state index contributed by atoms with van der Waals surface area (Å²) >= 11 is 18.6. The average Bonchev–Trinajstić information content (AvgIpc) is 2.65. The summed E-state index contributed by atoms with van der Waals surface area (Å²) in [6.07, 6.45) is -0.349. The Kier molecular flexibility index (Phi) is 10.4. The number of aliphatic hydroxyl groups is 1. The van der Waals surface area contributed by atoms with Gasteiger partial charge < -0.3 is 25.2 Å². The maximum absolute atomic E-state index is 9.23. The molecule has 0 heterocycles. The van der Waals surface area contributed by atoms with Crippen molar-refractivity contribution < 1.29 is 14.6 Å². The summed E-state index contributed by atoms with van der Waals surface area (Å²) in [5, 5.41) is 17.3. The van der Waals surface area contributed by atoms with Crippen molar-refractivity contribution in [2.24, 2.45) is 0 Å². The molecule has 0 spiro atoms. The monoisotopic (exact) mass is 460 g/mol. The summed E-state index contributed by atoms with van der Waals surface area (Å²) in [5.41, 5.74) is 1.80. The molecule has 0 amide bonds. The topological polar surface area (TPSA) is 62.8 Å². The van der Waals surface area contributed by atoms with E-state index in [-0.39, 0.29) is 12.7 Å². The first-order valence-corrected chi connectivity index (χ1v) is 10.7. The molecule has 29 heavy (non-hydrogen) atoms. The highest BCUT2D eigenvalue weighted by Crippen LogP contribution is 2.37. The molecule has 2 rings (SSSR count). The van der Waals surface area contributed by atoms with E-state index >= 15 is 0 Å². The van der Waals surface area contributed by atoms with Gasteiger partial charge in [0.1, 0.15) is 6.61 Å². The van der Waals surface area contributed by atoms with Crippen LogP contribution < -0.4 is 20.1 Å². The van der Waals surface area contributed by atoms with Crippen molar-refractivity contribution in [3.05, 3.63) is 56.5 Å². The molecular formula is C21H27Cl3N2O3. The maximum atomic E-state index is 9.23. The van der Waals surface area contributed by atoms with E-state index in [0.29, 0.717) is 46.3 Å². The van der Waals surface area contributed by atoms with Gasteiger partial charge in [0.2, 0.25) is 0 Å². The Morgan fingerprint density at radius 1 is 1.00 bits per heavy atom. The lowest BCUT2D eigenvalue weighted by Crippen LogP contribution is -2.31. The van der Waals surface area contributed by atoms with Crippen LogP contribution in [0.2, 0.25) is 15.1 Å². The molecule has 0 bridgehead atoms. The van der Waals surface area contributed by atoms with Crippen LogP contribution in [0.25, 0.3) is 0 Å². The van der Waals surface area contributed by atoms with Crippen molar-refractivity contribution in [2.45, 2.75) is 33.1 Å². The Labute approximate surface area is 187 Å². The largest absolute Gasteiger partial charge is 0.490 e. The number of nitrogens with one attached hydrogen (secondary N) is 2. The van der Waals surface area contributed by atoms with Gasteiger partial charge >= 0.3 is 0 Å². The van der Waals surface area contributed by atoms with Gasteiger partial charge in [0.15, 0.2) is 11.5 Å². The zero-order valence-electron chi connectivity index (χ0n) is 16.6. The van der Waals surface area contributed by atoms with Crippen molar-refractivity contribution in [3.8, 4) is 11.5 Å². The summed E-state index contributed by atoms with van der Waals surface area (Å²) in [4.78, 5) is 0. The third-order valence-corrected chi connectivity index (χ3v) is 4.87. The Bertz CT molecular complexity index is 788. The zero-order valence-corrected chi connectivity index (χ0v) is 18.9. The molecule has 1 atom stereocenters. The number of aliphatic hydroxyl groups excluding tert-OH is 1. The summed E-state index contributed by atoms with van der Waals surface area (Å²) in [7, 11) is 0. The van der Waals surface area contributed by atoms with Crippen LogP contribution in [0.5, 0.6) is 11.5 Å². The lowest BCUT2D eigenvalue weighted by atomic mass is 10.2. The number of benzene rings is 2. The van der Waals surface area contributed by atoms with Gasteiger partial charge in [-0.2, -0.15) is 0 Å². The lowest BCUT2D eigenvalue weighted by Gasteiger charge is -2.16. The minimum absolute atomic E-state index is 0.252. The second kappa shape index (κ2) is 12.5. The third kappa shape index (κ3) is 8.21. The Morgan fingerprint density at radius 3 is 2.45 bits per heavy atom. The van der Waals surface area contributed by atoms with Gasteiger partial charge in [0.25, 0.3) is 0 Å². The number of hydrogen-bond donors (Lipinski definition) is 3. The minimum atomic E-state index is -0.349. The van der Waals surface area contributed by atoms with E-state index in [4.69, 9.17) is 44.3 Å². The minimum Gasteiger partial charge on any atom is -0.490 e. The predicted molar refractivity (Wildman–Crippen MR) is 120 cm³/mol. The number of hydrogen-bond acceptors (Lipinski definition) is 5. The standard InChI is InChI=1S/C21H27Cl3N2O3/c1-3-28-20-9-15(12-26-7-6-25-11-14(2)27)8-19(24)21(20)29-13-16-4-5-17(22)10-18(16)23/h4-5,8-10,14,25-27H,3,6-7,11-13H2,1-2H3/t14-/m1/s1. The SMILES string of the molecule is CCOc1cc(CNCCNC[C@@H](C)O)cc(Cl)c1OCc1ccc(Cl)cc1Cl. The predicted octanol–water partition coefficient (Wildman–Crippen LogP) is 4.68. The molecule has 0 aliphatic heterocycles. The van der Waals surface area contributed by atoms with E-state index in [2.05, 4.69) is 10.6 Å². The number of halogens is 3. The van der Waals surface area contributed by atoms with Crippen LogP contribution in [-0.2, 0) is 13.2 Å². The molecule has 3 N–H and O–H groups in total. The molecule has 0 saturated carbocycles. The van der Waals surface area contributed by atoms with Crippen LogP contribution >= 0.6 is 34.8 Å². The van der Waals surface area contributed by atoms with Crippen molar-refractivity contribution in [1.29, 1.82) is 0 Å².